The fourth-order valence-corrected chi connectivity index (χ4v) is 3.96. The van der Waals surface area contributed by atoms with Crippen LogP contribution < -0.4 is 0 Å². The fourth-order valence-electron chi connectivity index (χ4n) is 3.96. The van der Waals surface area contributed by atoms with E-state index in [4.69, 9.17) is 4.74 Å². The Morgan fingerprint density at radius 2 is 1.81 bits per heavy atom. The van der Waals surface area contributed by atoms with Crippen molar-refractivity contribution in [1.82, 2.24) is 14.7 Å². The number of nitrogens with zero attached hydrogens (tertiary/aromatic N) is 3. The zero-order valence-electron chi connectivity index (χ0n) is 16.5. The molecule has 2 aliphatic heterocycles. The fraction of sp³-hybridized carbons (Fsp3) is 0.619. The van der Waals surface area contributed by atoms with Crippen molar-refractivity contribution in [3.05, 3.63) is 35.9 Å². The predicted molar refractivity (Wildman–Crippen MR) is 104 cm³/mol. The molecule has 0 aromatic heterocycles. The molecule has 27 heavy (non-hydrogen) atoms. The second kappa shape index (κ2) is 8.85. The summed E-state index contributed by atoms with van der Waals surface area (Å²) < 4.78 is 5.88. The Balaban J connectivity index is 1.55. The molecule has 2 aliphatic rings. The molecule has 3 rings (SSSR count). The lowest BCUT2D eigenvalue weighted by atomic mass is 9.78. The molecular weight excluding hydrogens is 342 g/mol. The van der Waals surface area contributed by atoms with Gasteiger partial charge in [-0.25, -0.2) is 0 Å². The highest BCUT2D eigenvalue weighted by Crippen LogP contribution is 2.34. The molecule has 6 nitrogen and oxygen atoms in total. The number of likely N-dealkylation sites (tertiary alicyclic amines) is 1. The average Bonchev–Trinajstić information content (AvgIpc) is 2.85. The molecule has 0 saturated carbocycles. The molecule has 0 radical (unpaired) electrons. The van der Waals surface area contributed by atoms with E-state index in [2.05, 4.69) is 4.90 Å². The molecule has 2 fully saturated rings. The van der Waals surface area contributed by atoms with E-state index >= 15 is 0 Å². The number of hydrogen-bond acceptors (Lipinski definition) is 4. The summed E-state index contributed by atoms with van der Waals surface area (Å²) in [7, 11) is 3.59. The highest BCUT2D eigenvalue weighted by molar-refractivity contribution is 5.79. The molecule has 6 heteroatoms. The third-order valence-corrected chi connectivity index (χ3v) is 5.75. The minimum Gasteiger partial charge on any atom is -0.379 e. The third-order valence-electron chi connectivity index (χ3n) is 5.75. The number of ether oxygens (including phenoxy) is 1. The minimum absolute atomic E-state index is 0.0482. The molecule has 0 N–H and O–H groups in total. The summed E-state index contributed by atoms with van der Waals surface area (Å²) in [6, 6.07) is 9.92. The summed E-state index contributed by atoms with van der Waals surface area (Å²) in [4.78, 5) is 30.6. The number of piperidine rings is 1. The van der Waals surface area contributed by atoms with Gasteiger partial charge in [0.1, 0.15) is 0 Å². The van der Waals surface area contributed by atoms with Crippen LogP contribution in [0.15, 0.2) is 30.3 Å². The van der Waals surface area contributed by atoms with E-state index in [9.17, 15) is 9.59 Å². The number of carbonyl (C=O) groups is 2. The number of likely N-dealkylation sites (N-methyl/N-ethyl adjacent to an activating group) is 1. The molecule has 1 spiro atoms. The van der Waals surface area contributed by atoms with E-state index in [1.54, 1.807) is 19.0 Å². The van der Waals surface area contributed by atoms with Gasteiger partial charge in [-0.05, 0) is 18.4 Å². The van der Waals surface area contributed by atoms with Gasteiger partial charge in [0.15, 0.2) is 0 Å². The van der Waals surface area contributed by atoms with E-state index in [-0.39, 0.29) is 17.2 Å². The summed E-state index contributed by atoms with van der Waals surface area (Å²) >= 11 is 0. The zero-order chi connectivity index (χ0) is 19.3. The number of hydrogen-bond donors (Lipinski definition) is 0. The van der Waals surface area contributed by atoms with Gasteiger partial charge < -0.3 is 14.5 Å². The Labute approximate surface area is 162 Å². The molecule has 1 aromatic carbocycles. The second-order valence-corrected chi connectivity index (χ2v) is 8.09. The van der Waals surface area contributed by atoms with E-state index in [0.717, 1.165) is 51.2 Å². The van der Waals surface area contributed by atoms with Gasteiger partial charge in [0, 0.05) is 45.7 Å². The van der Waals surface area contributed by atoms with Crippen LogP contribution in [0.25, 0.3) is 0 Å². The third kappa shape index (κ3) is 5.30. The van der Waals surface area contributed by atoms with Crippen molar-refractivity contribution >= 4 is 11.8 Å². The first-order chi connectivity index (χ1) is 13.0. The van der Waals surface area contributed by atoms with Crippen molar-refractivity contribution < 1.29 is 14.3 Å². The summed E-state index contributed by atoms with van der Waals surface area (Å²) in [5.74, 6) is 0.327. The molecule has 2 amide bonds. The van der Waals surface area contributed by atoms with Crippen LogP contribution >= 0.6 is 0 Å². The van der Waals surface area contributed by atoms with Crippen LogP contribution in [-0.2, 0) is 20.7 Å². The van der Waals surface area contributed by atoms with Crippen molar-refractivity contribution in [1.29, 1.82) is 0 Å². The topological polar surface area (TPSA) is 53.1 Å². The lowest BCUT2D eigenvalue weighted by Gasteiger charge is -2.42. The van der Waals surface area contributed by atoms with Gasteiger partial charge in [0.25, 0.3) is 0 Å². The van der Waals surface area contributed by atoms with Crippen molar-refractivity contribution in [2.75, 3.05) is 60.0 Å². The Hall–Kier alpha value is -1.92. The molecule has 2 heterocycles. The van der Waals surface area contributed by atoms with Gasteiger partial charge in [-0.2, -0.15) is 0 Å². The molecule has 1 aromatic rings. The highest BCUT2D eigenvalue weighted by Gasteiger charge is 2.39. The molecule has 0 unspecified atom stereocenters. The van der Waals surface area contributed by atoms with E-state index in [1.807, 2.05) is 35.2 Å². The van der Waals surface area contributed by atoms with Gasteiger partial charge >= 0.3 is 0 Å². The SMILES string of the molecule is CN(C)C(=O)CN1CCOCC2(CCN(C(=O)Cc3ccccc3)CC2)C1. The van der Waals surface area contributed by atoms with Crippen LogP contribution in [0.3, 0.4) is 0 Å². The molecule has 0 aliphatic carbocycles. The van der Waals surface area contributed by atoms with Gasteiger partial charge in [-0.15, -0.1) is 0 Å². The highest BCUT2D eigenvalue weighted by atomic mass is 16.5. The largest absolute Gasteiger partial charge is 0.379 e. The van der Waals surface area contributed by atoms with E-state index in [0.29, 0.717) is 19.6 Å². The van der Waals surface area contributed by atoms with Crippen LogP contribution in [0.5, 0.6) is 0 Å². The van der Waals surface area contributed by atoms with E-state index in [1.165, 1.54) is 0 Å². The summed E-state index contributed by atoms with van der Waals surface area (Å²) in [5, 5.41) is 0. The average molecular weight is 373 g/mol. The number of amides is 2. The first kappa shape index (κ1) is 19.8. The number of benzene rings is 1. The quantitative estimate of drug-likeness (QED) is 0.797. The first-order valence-corrected chi connectivity index (χ1v) is 9.79. The van der Waals surface area contributed by atoms with E-state index < -0.39 is 0 Å². The van der Waals surface area contributed by atoms with Gasteiger partial charge in [0.05, 0.1) is 26.2 Å². The van der Waals surface area contributed by atoms with Crippen molar-refractivity contribution in [2.24, 2.45) is 5.41 Å². The maximum atomic E-state index is 12.6. The normalized spacial score (nSPS) is 20.3. The molecule has 0 atom stereocenters. The van der Waals surface area contributed by atoms with Crippen molar-refractivity contribution in [2.45, 2.75) is 19.3 Å². The maximum Gasteiger partial charge on any atom is 0.236 e. The second-order valence-electron chi connectivity index (χ2n) is 8.09. The van der Waals surface area contributed by atoms with Crippen molar-refractivity contribution in [3.63, 3.8) is 0 Å². The van der Waals surface area contributed by atoms with Gasteiger partial charge in [-0.1, -0.05) is 30.3 Å². The minimum atomic E-state index is 0.0482. The Kier molecular flexibility index (Phi) is 6.50. The number of carbonyl (C=O) groups excluding carboxylic acids is 2. The molecule has 2 saturated heterocycles. The lowest BCUT2D eigenvalue weighted by Crippen LogP contribution is -2.50. The van der Waals surface area contributed by atoms with Gasteiger partial charge in [-0.3, -0.25) is 14.5 Å². The van der Waals surface area contributed by atoms with Crippen LogP contribution in [0, 0.1) is 5.41 Å². The standard InChI is InChI=1S/C21H31N3O3/c1-22(2)20(26)15-23-12-13-27-17-21(16-23)8-10-24(11-9-21)19(25)14-18-6-4-3-5-7-18/h3-7H,8-17H2,1-2H3. The molecule has 0 bridgehead atoms. The Morgan fingerprint density at radius 1 is 1.11 bits per heavy atom. The summed E-state index contributed by atoms with van der Waals surface area (Å²) in [6.45, 7) is 5.02. The predicted octanol–water partition coefficient (Wildman–Crippen LogP) is 1.26. The van der Waals surface area contributed by atoms with Crippen LogP contribution in [0.1, 0.15) is 18.4 Å². The first-order valence-electron chi connectivity index (χ1n) is 9.79. The maximum absolute atomic E-state index is 12.6. The Morgan fingerprint density at radius 3 is 2.48 bits per heavy atom. The van der Waals surface area contributed by atoms with Gasteiger partial charge in [0.2, 0.25) is 11.8 Å². The number of rotatable bonds is 4. The molecular formula is C21H31N3O3. The van der Waals surface area contributed by atoms with Crippen LogP contribution in [0.4, 0.5) is 0 Å². The van der Waals surface area contributed by atoms with Crippen molar-refractivity contribution in [3.8, 4) is 0 Å². The van der Waals surface area contributed by atoms with Crippen LogP contribution in [-0.4, -0.2) is 86.5 Å². The summed E-state index contributed by atoms with van der Waals surface area (Å²) in [6.07, 6.45) is 2.33. The zero-order valence-corrected chi connectivity index (χ0v) is 16.5. The Bertz CT molecular complexity index is 639. The lowest BCUT2D eigenvalue weighted by molar-refractivity contribution is -0.133. The summed E-state index contributed by atoms with van der Waals surface area (Å²) in [5.41, 5.74) is 1.11. The monoisotopic (exact) mass is 373 g/mol. The van der Waals surface area contributed by atoms with Crippen LogP contribution in [0.2, 0.25) is 0 Å². The molecule has 148 valence electrons. The smallest absolute Gasteiger partial charge is 0.236 e.